The predicted octanol–water partition coefficient (Wildman–Crippen LogP) is 4.97. The molecule has 0 nitrogen and oxygen atoms in total. The maximum Gasteiger partial charge on any atom is -0.0396 e. The molecule has 0 aliphatic heterocycles. The summed E-state index contributed by atoms with van der Waals surface area (Å²) in [5, 5.41) is 0. The first-order valence-electron chi connectivity index (χ1n) is 4.85. The summed E-state index contributed by atoms with van der Waals surface area (Å²) >= 11 is 0. The molecule has 0 saturated carbocycles. The molecule has 0 bridgehead atoms. The molecular formula is C12H26. The molecule has 0 amide bonds. The lowest BCUT2D eigenvalue weighted by Gasteiger charge is -1.99. The summed E-state index contributed by atoms with van der Waals surface area (Å²) < 4.78 is 0. The fraction of sp³-hybridized carbons (Fsp3) is 0.667. The van der Waals surface area contributed by atoms with Crippen LogP contribution in [0.1, 0.15) is 55.4 Å². The van der Waals surface area contributed by atoms with Gasteiger partial charge in [0.15, 0.2) is 0 Å². The molecule has 0 aliphatic carbocycles. The third-order valence-corrected chi connectivity index (χ3v) is 1.39. The number of hydrogen-bond acceptors (Lipinski definition) is 0. The molecule has 0 heteroatoms. The second kappa shape index (κ2) is 13.1. The smallest absolute Gasteiger partial charge is 0.0396 e. The van der Waals surface area contributed by atoms with Gasteiger partial charge in [0, 0.05) is 0 Å². The van der Waals surface area contributed by atoms with Crippen molar-refractivity contribution in [1.29, 1.82) is 0 Å². The van der Waals surface area contributed by atoms with Crippen LogP contribution in [0.15, 0.2) is 23.3 Å². The van der Waals surface area contributed by atoms with Gasteiger partial charge in [0.05, 0.1) is 0 Å². The van der Waals surface area contributed by atoms with E-state index >= 15 is 0 Å². The van der Waals surface area contributed by atoms with Gasteiger partial charge in [0.2, 0.25) is 0 Å². The van der Waals surface area contributed by atoms with Crippen LogP contribution in [0.25, 0.3) is 0 Å². The van der Waals surface area contributed by atoms with Crippen LogP contribution in [-0.2, 0) is 0 Å². The summed E-state index contributed by atoms with van der Waals surface area (Å²) in [6.45, 7) is 20.1. The highest BCUT2D eigenvalue weighted by molar-refractivity contribution is 5.27. The van der Waals surface area contributed by atoms with Gasteiger partial charge >= 0.3 is 0 Å². The van der Waals surface area contributed by atoms with Gasteiger partial charge in [-0.2, -0.15) is 0 Å². The summed E-state index contributed by atoms with van der Waals surface area (Å²) in [5.41, 5.74) is 3.85. The van der Waals surface area contributed by atoms with Crippen LogP contribution in [0.2, 0.25) is 0 Å². The van der Waals surface area contributed by atoms with E-state index in [-0.39, 0.29) is 0 Å². The minimum absolute atomic E-state index is 1.17. The first-order valence-corrected chi connectivity index (χ1v) is 4.85. The zero-order valence-electron chi connectivity index (χ0n) is 10.2. The molecule has 0 aromatic carbocycles. The molecule has 0 radical (unpaired) electrons. The first kappa shape index (κ1) is 17.5. The van der Waals surface area contributed by atoms with Gasteiger partial charge < -0.3 is 0 Å². The van der Waals surface area contributed by atoms with E-state index in [4.69, 9.17) is 0 Å². The van der Waals surface area contributed by atoms with E-state index in [9.17, 15) is 0 Å². The molecule has 74 valence electrons. The standard InChI is InChI=1S/C8H14.2C2H6/c1-6(2)8(5)7(3)4;2*1-2/h1H2,2-5H3;2*1-2H3. The molecule has 0 rings (SSSR count). The predicted molar refractivity (Wildman–Crippen MR) is 61.6 cm³/mol. The average Bonchev–Trinajstić information content (AvgIpc) is 2.10. The average molecular weight is 170 g/mol. The van der Waals surface area contributed by atoms with Crippen LogP contribution in [0, 0.1) is 0 Å². The Kier molecular flexibility index (Phi) is 19.1. The molecule has 0 aliphatic rings. The molecule has 0 N–H and O–H groups in total. The van der Waals surface area contributed by atoms with E-state index in [1.807, 2.05) is 34.6 Å². The molecule has 0 unspecified atom stereocenters. The quantitative estimate of drug-likeness (QED) is 0.487. The molecule has 0 atom stereocenters. The lowest BCUT2D eigenvalue weighted by atomic mass is 10.1. The normalized spacial score (nSPS) is 6.67. The van der Waals surface area contributed by atoms with Crippen LogP contribution >= 0.6 is 0 Å². The lowest BCUT2D eigenvalue weighted by Crippen LogP contribution is -1.78. The van der Waals surface area contributed by atoms with Gasteiger partial charge in [-0.15, -0.1) is 0 Å². The fourth-order valence-corrected chi connectivity index (χ4v) is 0.427. The molecule has 0 aromatic rings. The van der Waals surface area contributed by atoms with Crippen molar-refractivity contribution in [3.63, 3.8) is 0 Å². The minimum atomic E-state index is 1.17. The van der Waals surface area contributed by atoms with Gasteiger partial charge in [-0.1, -0.05) is 51.0 Å². The van der Waals surface area contributed by atoms with Gasteiger partial charge in [-0.3, -0.25) is 0 Å². The SMILES string of the molecule is C=C(C)C(C)=C(C)C.CC.CC. The molecular weight excluding hydrogens is 144 g/mol. The van der Waals surface area contributed by atoms with E-state index < -0.39 is 0 Å². The van der Waals surface area contributed by atoms with Gasteiger partial charge in [0.25, 0.3) is 0 Å². The first-order chi connectivity index (χ1) is 5.55. The molecule has 0 saturated heterocycles. The second-order valence-electron chi connectivity index (χ2n) is 2.41. The lowest BCUT2D eigenvalue weighted by molar-refractivity contribution is 1.23. The molecule has 0 spiro atoms. The Bertz CT molecular complexity index is 123. The fourth-order valence-electron chi connectivity index (χ4n) is 0.427. The minimum Gasteiger partial charge on any atom is -0.0959 e. The van der Waals surface area contributed by atoms with Crippen LogP contribution < -0.4 is 0 Å². The van der Waals surface area contributed by atoms with Crippen LogP contribution in [0.3, 0.4) is 0 Å². The van der Waals surface area contributed by atoms with E-state index in [0.717, 1.165) is 0 Å². The van der Waals surface area contributed by atoms with Crippen molar-refractivity contribution in [2.75, 3.05) is 0 Å². The van der Waals surface area contributed by atoms with Crippen molar-refractivity contribution in [1.82, 2.24) is 0 Å². The Morgan fingerprint density at radius 3 is 1.00 bits per heavy atom. The second-order valence-corrected chi connectivity index (χ2v) is 2.41. The topological polar surface area (TPSA) is 0 Å². The van der Waals surface area contributed by atoms with Crippen molar-refractivity contribution < 1.29 is 0 Å². The summed E-state index contributed by atoms with van der Waals surface area (Å²) in [5.74, 6) is 0. The van der Waals surface area contributed by atoms with E-state index in [1.165, 1.54) is 16.7 Å². The van der Waals surface area contributed by atoms with Crippen molar-refractivity contribution >= 4 is 0 Å². The number of allylic oxidation sites excluding steroid dienone is 3. The maximum atomic E-state index is 3.82. The third-order valence-electron chi connectivity index (χ3n) is 1.39. The van der Waals surface area contributed by atoms with Crippen molar-refractivity contribution in [2.45, 2.75) is 55.4 Å². The van der Waals surface area contributed by atoms with E-state index in [0.29, 0.717) is 0 Å². The van der Waals surface area contributed by atoms with Crippen LogP contribution in [0.4, 0.5) is 0 Å². The molecule has 0 aromatic heterocycles. The molecule has 12 heavy (non-hydrogen) atoms. The molecule has 0 fully saturated rings. The van der Waals surface area contributed by atoms with Crippen LogP contribution in [0.5, 0.6) is 0 Å². The maximum absolute atomic E-state index is 3.82. The summed E-state index contributed by atoms with van der Waals surface area (Å²) in [6.07, 6.45) is 0. The Morgan fingerprint density at radius 2 is 1.00 bits per heavy atom. The zero-order chi connectivity index (χ0) is 10.7. The largest absolute Gasteiger partial charge is 0.0959 e. The zero-order valence-corrected chi connectivity index (χ0v) is 10.2. The van der Waals surface area contributed by atoms with Crippen molar-refractivity contribution in [3.8, 4) is 0 Å². The summed E-state index contributed by atoms with van der Waals surface area (Å²) in [6, 6.07) is 0. The third kappa shape index (κ3) is 12.2. The number of hydrogen-bond donors (Lipinski definition) is 0. The highest BCUT2D eigenvalue weighted by Gasteiger charge is 1.88. The van der Waals surface area contributed by atoms with Crippen molar-refractivity contribution in [2.24, 2.45) is 0 Å². The Labute approximate surface area is 79.4 Å². The summed E-state index contributed by atoms with van der Waals surface area (Å²) in [4.78, 5) is 0. The monoisotopic (exact) mass is 170 g/mol. The summed E-state index contributed by atoms with van der Waals surface area (Å²) in [7, 11) is 0. The van der Waals surface area contributed by atoms with Gasteiger partial charge in [-0.05, 0) is 27.7 Å². The highest BCUT2D eigenvalue weighted by Crippen LogP contribution is 2.09. The van der Waals surface area contributed by atoms with E-state index in [1.54, 1.807) is 0 Å². The highest BCUT2D eigenvalue weighted by atomic mass is 13.9. The van der Waals surface area contributed by atoms with Gasteiger partial charge in [0.1, 0.15) is 0 Å². The van der Waals surface area contributed by atoms with Crippen molar-refractivity contribution in [3.05, 3.63) is 23.3 Å². The van der Waals surface area contributed by atoms with E-state index in [2.05, 4.69) is 27.4 Å². The van der Waals surface area contributed by atoms with Gasteiger partial charge in [-0.25, -0.2) is 0 Å². The number of rotatable bonds is 1. The Hall–Kier alpha value is -0.520. The Balaban J connectivity index is -0.000000175. The molecule has 0 heterocycles. The van der Waals surface area contributed by atoms with Crippen LogP contribution in [-0.4, -0.2) is 0 Å². The Morgan fingerprint density at radius 1 is 0.750 bits per heavy atom.